The molecule has 0 aliphatic carbocycles. The molecule has 1 rings (SSSR count). The Balaban J connectivity index is 2.66. The molecule has 0 amide bonds. The smallest absolute Gasteiger partial charge is 0.323 e. The molecule has 1 heterocycles. The van der Waals surface area contributed by atoms with Crippen molar-refractivity contribution < 1.29 is 4.74 Å². The van der Waals surface area contributed by atoms with Crippen molar-refractivity contribution in [1.82, 2.24) is 15.0 Å². The zero-order valence-electron chi connectivity index (χ0n) is 11.0. The van der Waals surface area contributed by atoms with Gasteiger partial charge in [0.15, 0.2) is 0 Å². The van der Waals surface area contributed by atoms with Crippen molar-refractivity contribution in [2.45, 2.75) is 26.2 Å². The van der Waals surface area contributed by atoms with Gasteiger partial charge in [0.2, 0.25) is 11.9 Å². The monoisotopic (exact) mass is 239 g/mol. The molecule has 1 N–H and O–H groups in total. The summed E-state index contributed by atoms with van der Waals surface area (Å²) in [5, 5.41) is 2.90. The average Bonchev–Trinajstić information content (AvgIpc) is 2.34. The predicted molar refractivity (Wildman–Crippen MR) is 68.7 cm³/mol. The van der Waals surface area contributed by atoms with Crippen LogP contribution < -0.4 is 15.0 Å². The highest BCUT2D eigenvalue weighted by Gasteiger charge is 2.07. The van der Waals surface area contributed by atoms with Gasteiger partial charge in [-0.25, -0.2) is 0 Å². The van der Waals surface area contributed by atoms with E-state index >= 15 is 0 Å². The first-order valence-corrected chi connectivity index (χ1v) is 5.91. The second-order valence-electron chi connectivity index (χ2n) is 3.94. The first kappa shape index (κ1) is 13.5. The molecule has 6 heteroatoms. The van der Waals surface area contributed by atoms with Crippen LogP contribution in [0.2, 0.25) is 0 Å². The molecule has 0 saturated heterocycles. The molecular weight excluding hydrogens is 218 g/mol. The fourth-order valence-electron chi connectivity index (χ4n) is 1.24. The van der Waals surface area contributed by atoms with Crippen molar-refractivity contribution in [3.63, 3.8) is 0 Å². The van der Waals surface area contributed by atoms with E-state index in [-0.39, 0.29) is 0 Å². The van der Waals surface area contributed by atoms with Crippen LogP contribution in [-0.4, -0.2) is 42.7 Å². The molecule has 0 radical (unpaired) electrons. The summed E-state index contributed by atoms with van der Waals surface area (Å²) < 4.78 is 5.51. The molecular formula is C11H21N5O. The first-order valence-electron chi connectivity index (χ1n) is 5.91. The van der Waals surface area contributed by atoms with Gasteiger partial charge in [0.25, 0.3) is 0 Å². The molecule has 96 valence electrons. The number of hydrogen-bond donors (Lipinski definition) is 1. The van der Waals surface area contributed by atoms with E-state index in [2.05, 4.69) is 27.2 Å². The Bertz CT molecular complexity index is 343. The molecule has 17 heavy (non-hydrogen) atoms. The zero-order valence-corrected chi connectivity index (χ0v) is 11.0. The van der Waals surface area contributed by atoms with Gasteiger partial charge in [-0.1, -0.05) is 19.8 Å². The van der Waals surface area contributed by atoms with E-state index in [9.17, 15) is 0 Å². The summed E-state index contributed by atoms with van der Waals surface area (Å²) in [6.07, 6.45) is 3.35. The minimum absolute atomic E-state index is 0.379. The van der Waals surface area contributed by atoms with Crippen molar-refractivity contribution >= 4 is 11.9 Å². The highest BCUT2D eigenvalue weighted by atomic mass is 16.5. The van der Waals surface area contributed by atoms with Gasteiger partial charge in [-0.05, 0) is 6.42 Å². The maximum Gasteiger partial charge on any atom is 0.323 e. The third-order valence-electron chi connectivity index (χ3n) is 2.21. The fourth-order valence-corrected chi connectivity index (χ4v) is 1.24. The van der Waals surface area contributed by atoms with Crippen LogP contribution in [0, 0.1) is 0 Å². The molecule has 0 atom stereocenters. The Kier molecular flexibility index (Phi) is 5.45. The quantitative estimate of drug-likeness (QED) is 0.728. The maximum absolute atomic E-state index is 5.51. The standard InChI is InChI=1S/C11H21N5O/c1-5-6-7-8-17-11-14-9(12-2)13-10(15-11)16(3)4/h5-8H2,1-4H3,(H,12,13,14,15). The van der Waals surface area contributed by atoms with Crippen LogP contribution >= 0.6 is 0 Å². The van der Waals surface area contributed by atoms with Crippen molar-refractivity contribution in [2.24, 2.45) is 0 Å². The molecule has 0 saturated carbocycles. The number of anilines is 2. The van der Waals surface area contributed by atoms with Gasteiger partial charge in [-0.15, -0.1) is 0 Å². The lowest BCUT2D eigenvalue weighted by Crippen LogP contribution is -2.15. The van der Waals surface area contributed by atoms with Crippen LogP contribution in [0.3, 0.4) is 0 Å². The number of nitrogens with zero attached hydrogens (tertiary/aromatic N) is 4. The van der Waals surface area contributed by atoms with E-state index in [1.807, 2.05) is 19.0 Å². The molecule has 0 fully saturated rings. The predicted octanol–water partition coefficient (Wildman–Crippen LogP) is 1.55. The Morgan fingerprint density at radius 3 is 2.53 bits per heavy atom. The third kappa shape index (κ3) is 4.42. The van der Waals surface area contributed by atoms with Gasteiger partial charge < -0.3 is 15.0 Å². The van der Waals surface area contributed by atoms with Gasteiger partial charge in [0, 0.05) is 21.1 Å². The minimum Gasteiger partial charge on any atom is -0.463 e. The van der Waals surface area contributed by atoms with E-state index in [0.29, 0.717) is 24.5 Å². The van der Waals surface area contributed by atoms with E-state index in [1.54, 1.807) is 7.05 Å². The van der Waals surface area contributed by atoms with Crippen LogP contribution in [-0.2, 0) is 0 Å². The summed E-state index contributed by atoms with van der Waals surface area (Å²) >= 11 is 0. The molecule has 1 aromatic heterocycles. The molecule has 0 aliphatic rings. The average molecular weight is 239 g/mol. The topological polar surface area (TPSA) is 63.2 Å². The lowest BCUT2D eigenvalue weighted by molar-refractivity contribution is 0.282. The highest BCUT2D eigenvalue weighted by molar-refractivity contribution is 5.36. The van der Waals surface area contributed by atoms with E-state index in [1.165, 1.54) is 6.42 Å². The number of unbranched alkanes of at least 4 members (excludes halogenated alkanes) is 2. The number of rotatable bonds is 7. The maximum atomic E-state index is 5.51. The summed E-state index contributed by atoms with van der Waals surface area (Å²) in [4.78, 5) is 14.4. The molecule has 6 nitrogen and oxygen atoms in total. The second-order valence-corrected chi connectivity index (χ2v) is 3.94. The lowest BCUT2D eigenvalue weighted by atomic mass is 10.3. The molecule has 0 spiro atoms. The lowest BCUT2D eigenvalue weighted by Gasteiger charge is -2.12. The number of hydrogen-bond acceptors (Lipinski definition) is 6. The molecule has 0 bridgehead atoms. The number of aromatic nitrogens is 3. The van der Waals surface area contributed by atoms with Crippen LogP contribution in [0.25, 0.3) is 0 Å². The normalized spacial score (nSPS) is 10.1. The van der Waals surface area contributed by atoms with Crippen LogP contribution in [0.5, 0.6) is 6.01 Å². The Labute approximate surface area is 102 Å². The van der Waals surface area contributed by atoms with Crippen molar-refractivity contribution in [1.29, 1.82) is 0 Å². The van der Waals surface area contributed by atoms with Crippen molar-refractivity contribution in [3.05, 3.63) is 0 Å². The van der Waals surface area contributed by atoms with Crippen LogP contribution in [0.4, 0.5) is 11.9 Å². The Hall–Kier alpha value is -1.59. The van der Waals surface area contributed by atoms with Gasteiger partial charge >= 0.3 is 6.01 Å². The summed E-state index contributed by atoms with van der Waals surface area (Å²) in [6, 6.07) is 0.379. The third-order valence-corrected chi connectivity index (χ3v) is 2.21. The van der Waals surface area contributed by atoms with Gasteiger partial charge in [-0.3, -0.25) is 0 Å². The SMILES string of the molecule is CCCCCOc1nc(NC)nc(N(C)C)n1. The van der Waals surface area contributed by atoms with Crippen LogP contribution in [0.15, 0.2) is 0 Å². The molecule has 0 unspecified atom stereocenters. The second kappa shape index (κ2) is 6.88. The minimum atomic E-state index is 0.379. The van der Waals surface area contributed by atoms with Crippen LogP contribution in [0.1, 0.15) is 26.2 Å². The number of ether oxygens (including phenoxy) is 1. The largest absolute Gasteiger partial charge is 0.463 e. The Morgan fingerprint density at radius 1 is 1.18 bits per heavy atom. The summed E-state index contributed by atoms with van der Waals surface area (Å²) in [6.45, 7) is 2.81. The van der Waals surface area contributed by atoms with Gasteiger partial charge in [0.1, 0.15) is 0 Å². The van der Waals surface area contributed by atoms with Crippen molar-refractivity contribution in [3.8, 4) is 6.01 Å². The number of nitrogens with one attached hydrogen (secondary N) is 1. The summed E-state index contributed by atoms with van der Waals surface area (Å²) in [5.41, 5.74) is 0. The summed E-state index contributed by atoms with van der Waals surface area (Å²) in [7, 11) is 5.54. The fraction of sp³-hybridized carbons (Fsp3) is 0.727. The molecule has 0 aliphatic heterocycles. The Morgan fingerprint density at radius 2 is 1.94 bits per heavy atom. The van der Waals surface area contributed by atoms with E-state index in [0.717, 1.165) is 12.8 Å². The molecule has 1 aromatic rings. The van der Waals surface area contributed by atoms with Crippen molar-refractivity contribution in [2.75, 3.05) is 38.0 Å². The van der Waals surface area contributed by atoms with E-state index < -0.39 is 0 Å². The first-order chi connectivity index (χ1) is 8.17. The zero-order chi connectivity index (χ0) is 12.7. The van der Waals surface area contributed by atoms with Gasteiger partial charge in [0.05, 0.1) is 6.61 Å². The molecule has 0 aromatic carbocycles. The highest BCUT2D eigenvalue weighted by Crippen LogP contribution is 2.12. The summed E-state index contributed by atoms with van der Waals surface area (Å²) in [5.74, 6) is 1.11. The van der Waals surface area contributed by atoms with Gasteiger partial charge in [-0.2, -0.15) is 15.0 Å². The van der Waals surface area contributed by atoms with E-state index in [4.69, 9.17) is 4.74 Å².